The predicted molar refractivity (Wildman–Crippen MR) is 80.3 cm³/mol. The van der Waals surface area contributed by atoms with Crippen molar-refractivity contribution in [1.82, 2.24) is 4.90 Å². The summed E-state index contributed by atoms with van der Waals surface area (Å²) in [5.74, 6) is 0. The summed E-state index contributed by atoms with van der Waals surface area (Å²) in [4.78, 5) is 3.96. The number of halogens is 1. The second-order valence-corrected chi connectivity index (χ2v) is 5.14. The van der Waals surface area contributed by atoms with Crippen LogP contribution in [-0.2, 0) is 0 Å². The van der Waals surface area contributed by atoms with Crippen LogP contribution in [0.3, 0.4) is 0 Å². The van der Waals surface area contributed by atoms with Gasteiger partial charge in [-0.3, -0.25) is 0 Å². The summed E-state index contributed by atoms with van der Waals surface area (Å²) in [6.07, 6.45) is 13.3. The Morgan fingerprint density at radius 2 is 1.31 bits per heavy atom. The van der Waals surface area contributed by atoms with E-state index < -0.39 is 0 Å². The zero-order valence-corrected chi connectivity index (χ0v) is 13.2. The third-order valence-electron chi connectivity index (χ3n) is 2.06. The second-order valence-electron chi connectivity index (χ2n) is 4.61. The molecule has 0 aromatic heterocycles. The first-order chi connectivity index (χ1) is 7.65. The van der Waals surface area contributed by atoms with Gasteiger partial charge in [-0.05, 0) is 39.0 Å². The van der Waals surface area contributed by atoms with E-state index >= 15 is 0 Å². The van der Waals surface area contributed by atoms with Crippen LogP contribution in [0.25, 0.3) is 0 Å². The molecule has 0 bridgehead atoms. The molecule has 0 aromatic rings. The van der Waals surface area contributed by atoms with Gasteiger partial charge in [-0.25, -0.2) is 0 Å². The maximum Gasteiger partial charge on any atom is -0.0140 e. The molecule has 0 saturated heterocycles. The number of allylic oxidation sites excluding steroid dienone is 1. The largest absolute Gasteiger partial charge is 0.312 e. The fraction of sp³-hybridized carbons (Fsp3) is 0.857. The Balaban J connectivity index is 0. The van der Waals surface area contributed by atoms with E-state index in [1.54, 1.807) is 0 Å². The molecular formula is C14H30BrN. The van der Waals surface area contributed by atoms with Crippen molar-refractivity contribution in [2.24, 2.45) is 0 Å². The Hall–Kier alpha value is 0.180. The van der Waals surface area contributed by atoms with Gasteiger partial charge in [0, 0.05) is 0 Å². The van der Waals surface area contributed by atoms with E-state index in [0.717, 1.165) is 0 Å². The molecular weight excluding hydrogens is 262 g/mol. The van der Waals surface area contributed by atoms with Crippen LogP contribution in [0.4, 0.5) is 0 Å². The van der Waals surface area contributed by atoms with E-state index in [2.05, 4.69) is 28.9 Å². The van der Waals surface area contributed by atoms with Crippen LogP contribution in [0.2, 0.25) is 0 Å². The molecule has 0 rings (SSSR count). The Kier molecular flexibility index (Phi) is 20.4. The highest BCUT2D eigenvalue weighted by Gasteiger charge is 1.88. The number of hydrogen-bond donors (Lipinski definition) is 0. The van der Waals surface area contributed by atoms with Crippen molar-refractivity contribution in [2.75, 3.05) is 21.1 Å². The number of rotatable bonds is 8. The minimum atomic E-state index is 1.24. The van der Waals surface area contributed by atoms with Crippen molar-refractivity contribution >= 4 is 15.9 Å². The first kappa shape index (κ1) is 18.5. The van der Waals surface area contributed by atoms with E-state index in [-0.39, 0.29) is 0 Å². The molecule has 0 aliphatic heterocycles. The van der Waals surface area contributed by atoms with Crippen LogP contribution in [0.15, 0.2) is 11.1 Å². The zero-order chi connectivity index (χ0) is 12.6. The molecule has 0 spiro atoms. The SMILES string of the molecule is CCCCCCCCC/C=C/Br.CN(C)C. The van der Waals surface area contributed by atoms with Crippen LogP contribution in [0, 0.1) is 0 Å². The maximum absolute atomic E-state index is 3.27. The van der Waals surface area contributed by atoms with Gasteiger partial charge in [-0.15, -0.1) is 0 Å². The summed E-state index contributed by atoms with van der Waals surface area (Å²) in [5.41, 5.74) is 0. The van der Waals surface area contributed by atoms with Gasteiger partial charge in [0.1, 0.15) is 0 Å². The molecule has 2 heteroatoms. The molecule has 0 amide bonds. The predicted octanol–water partition coefficient (Wildman–Crippen LogP) is 5.21. The lowest BCUT2D eigenvalue weighted by Crippen LogP contribution is -1.99. The highest BCUT2D eigenvalue weighted by atomic mass is 79.9. The minimum absolute atomic E-state index is 1.24. The molecule has 0 aliphatic carbocycles. The van der Waals surface area contributed by atoms with Crippen LogP contribution < -0.4 is 0 Å². The topological polar surface area (TPSA) is 3.24 Å². The lowest BCUT2D eigenvalue weighted by molar-refractivity contribution is 0.505. The van der Waals surface area contributed by atoms with Gasteiger partial charge < -0.3 is 4.90 Å². The van der Waals surface area contributed by atoms with Gasteiger partial charge >= 0.3 is 0 Å². The Bertz CT molecular complexity index is 130. The highest BCUT2D eigenvalue weighted by Crippen LogP contribution is 2.08. The van der Waals surface area contributed by atoms with Crippen LogP contribution in [0.1, 0.15) is 58.3 Å². The standard InChI is InChI=1S/C11H21Br.C3H9N/c1-2-3-4-5-6-7-8-9-10-11-12;1-4(2)3/h10-11H,2-9H2,1H3;1-3H3/b11-10+;. The normalized spacial score (nSPS) is 10.6. The van der Waals surface area contributed by atoms with E-state index in [4.69, 9.17) is 0 Å². The third-order valence-corrected chi connectivity index (χ3v) is 2.44. The molecule has 0 heterocycles. The monoisotopic (exact) mass is 291 g/mol. The fourth-order valence-corrected chi connectivity index (χ4v) is 1.55. The summed E-state index contributed by atoms with van der Waals surface area (Å²) in [6, 6.07) is 0. The quantitative estimate of drug-likeness (QED) is 0.555. The lowest BCUT2D eigenvalue weighted by Gasteiger charge is -1.98. The first-order valence-corrected chi connectivity index (χ1v) is 7.42. The van der Waals surface area contributed by atoms with Crippen molar-refractivity contribution in [1.29, 1.82) is 0 Å². The van der Waals surface area contributed by atoms with Gasteiger partial charge in [-0.1, -0.05) is 67.5 Å². The van der Waals surface area contributed by atoms with Crippen molar-refractivity contribution in [3.8, 4) is 0 Å². The minimum Gasteiger partial charge on any atom is -0.312 e. The molecule has 16 heavy (non-hydrogen) atoms. The summed E-state index contributed by atoms with van der Waals surface area (Å²) >= 11 is 3.27. The average molecular weight is 292 g/mol. The Labute approximate surface area is 111 Å². The molecule has 0 saturated carbocycles. The molecule has 0 unspecified atom stereocenters. The molecule has 0 aliphatic rings. The van der Waals surface area contributed by atoms with Crippen molar-refractivity contribution in [3.63, 3.8) is 0 Å². The van der Waals surface area contributed by atoms with E-state index in [9.17, 15) is 0 Å². The molecule has 98 valence electrons. The van der Waals surface area contributed by atoms with Gasteiger partial charge in [0.2, 0.25) is 0 Å². The van der Waals surface area contributed by atoms with Crippen molar-refractivity contribution in [2.45, 2.75) is 58.3 Å². The van der Waals surface area contributed by atoms with E-state index in [0.29, 0.717) is 0 Å². The number of unbranched alkanes of at least 4 members (excludes halogenated alkanes) is 7. The first-order valence-electron chi connectivity index (χ1n) is 6.51. The van der Waals surface area contributed by atoms with Crippen LogP contribution in [-0.4, -0.2) is 26.0 Å². The van der Waals surface area contributed by atoms with Gasteiger partial charge in [0.15, 0.2) is 0 Å². The summed E-state index contributed by atoms with van der Waals surface area (Å²) in [7, 11) is 6.00. The molecule has 0 aromatic carbocycles. The molecule has 0 N–H and O–H groups in total. The average Bonchev–Trinajstić information content (AvgIpc) is 2.21. The summed E-state index contributed by atoms with van der Waals surface area (Å²) in [6.45, 7) is 2.26. The van der Waals surface area contributed by atoms with E-state index in [1.807, 2.05) is 31.0 Å². The van der Waals surface area contributed by atoms with Crippen LogP contribution >= 0.6 is 15.9 Å². The summed E-state index contributed by atoms with van der Waals surface area (Å²) in [5, 5.41) is 0. The smallest absolute Gasteiger partial charge is 0.0140 e. The second kappa shape index (κ2) is 17.6. The van der Waals surface area contributed by atoms with Crippen LogP contribution in [0.5, 0.6) is 0 Å². The Morgan fingerprint density at radius 3 is 1.75 bits per heavy atom. The van der Waals surface area contributed by atoms with Crippen molar-refractivity contribution in [3.05, 3.63) is 11.1 Å². The Morgan fingerprint density at radius 1 is 0.875 bits per heavy atom. The summed E-state index contributed by atoms with van der Waals surface area (Å²) < 4.78 is 0. The number of nitrogens with zero attached hydrogens (tertiary/aromatic N) is 1. The lowest BCUT2D eigenvalue weighted by atomic mass is 10.1. The fourth-order valence-electron chi connectivity index (χ4n) is 1.28. The highest BCUT2D eigenvalue weighted by molar-refractivity contribution is 9.11. The van der Waals surface area contributed by atoms with Gasteiger partial charge in [0.25, 0.3) is 0 Å². The maximum atomic E-state index is 3.27. The molecule has 0 atom stereocenters. The molecule has 1 nitrogen and oxygen atoms in total. The van der Waals surface area contributed by atoms with E-state index in [1.165, 1.54) is 51.4 Å². The third kappa shape index (κ3) is 29.2. The molecule has 0 radical (unpaired) electrons. The number of hydrogen-bond acceptors (Lipinski definition) is 1. The van der Waals surface area contributed by atoms with Crippen molar-refractivity contribution < 1.29 is 0 Å². The zero-order valence-electron chi connectivity index (χ0n) is 11.6. The molecule has 0 fully saturated rings. The van der Waals surface area contributed by atoms with Gasteiger partial charge in [-0.2, -0.15) is 0 Å². The van der Waals surface area contributed by atoms with Gasteiger partial charge in [0.05, 0.1) is 0 Å².